The van der Waals surface area contributed by atoms with Crippen LogP contribution in [0.4, 0.5) is 0 Å². The Kier molecular flexibility index (Phi) is 25.6. The number of halogens is 2. The first kappa shape index (κ1) is 53.0. The van der Waals surface area contributed by atoms with Crippen LogP contribution in [0.2, 0.25) is 0 Å². The second-order valence-corrected chi connectivity index (χ2v) is 22.1. The smallest absolute Gasteiger partial charge is 1.00 e. The average Bonchev–Trinajstić information content (AvgIpc) is 3.32. The summed E-state index contributed by atoms with van der Waals surface area (Å²) in [5.74, 6) is 5.22. The second kappa shape index (κ2) is 29.9. The number of benzene rings is 8. The summed E-state index contributed by atoms with van der Waals surface area (Å²) in [5.41, 5.74) is 0. The van der Waals surface area contributed by atoms with Crippen LogP contribution in [0.3, 0.4) is 0 Å². The van der Waals surface area contributed by atoms with E-state index in [4.69, 9.17) is 9.59 Å². The van der Waals surface area contributed by atoms with Crippen molar-refractivity contribution in [3.63, 3.8) is 0 Å². The molecular weight excluding hydrogens is 1060 g/mol. The predicted molar refractivity (Wildman–Crippen MR) is 261 cm³/mol. The molecule has 8 aromatic carbocycles. The van der Waals surface area contributed by atoms with Crippen molar-refractivity contribution in [1.82, 2.24) is 0 Å². The first-order valence-corrected chi connectivity index (χ1v) is 25.0. The summed E-state index contributed by atoms with van der Waals surface area (Å²) in [6.07, 6.45) is 0.904. The molecule has 0 heterocycles. The van der Waals surface area contributed by atoms with Gasteiger partial charge in [-0.1, -0.05) is 297 Å². The maximum atomic E-state index is 9.15. The summed E-state index contributed by atoms with van der Waals surface area (Å²) in [4.78, 5) is 18.1. The van der Waals surface area contributed by atoms with E-state index in [1.807, 2.05) is 0 Å². The third-order valence-corrected chi connectivity index (χ3v) is 19.4. The quantitative estimate of drug-likeness (QED) is 0.0393. The Hall–Kier alpha value is -3.31. The van der Waals surface area contributed by atoms with E-state index in [1.54, 1.807) is 0 Å². The van der Waals surface area contributed by atoms with E-state index in [1.165, 1.54) is 42.4 Å². The van der Waals surface area contributed by atoms with Gasteiger partial charge in [0, 0.05) is 0 Å². The molecule has 62 heavy (non-hydrogen) atoms. The minimum atomic E-state index is -1.08. The van der Waals surface area contributed by atoms with E-state index < -0.39 is 36.9 Å². The molecule has 0 aliphatic rings. The topological polar surface area (TPSA) is 34.1 Å². The molecule has 2 nitrogen and oxygen atoms in total. The van der Waals surface area contributed by atoms with E-state index in [9.17, 15) is 0 Å². The van der Waals surface area contributed by atoms with Crippen LogP contribution in [0.1, 0.15) is 0 Å². The first-order chi connectivity index (χ1) is 29.1. The molecule has 0 spiro atoms. The van der Waals surface area contributed by atoms with Gasteiger partial charge in [0.25, 0.3) is 0 Å². The summed E-state index contributed by atoms with van der Waals surface area (Å²) in [6, 6.07) is 87.3. The Morgan fingerprint density at radius 3 is 0.548 bits per heavy atom. The molecule has 8 aromatic rings. The third-order valence-electron chi connectivity index (χ3n) is 8.82. The summed E-state index contributed by atoms with van der Waals surface area (Å²) in [6.45, 7) is 0. The summed E-state index contributed by atoms with van der Waals surface area (Å²) in [7, 11) is -2.13. The van der Waals surface area contributed by atoms with Gasteiger partial charge in [-0.3, -0.25) is 11.8 Å². The van der Waals surface area contributed by atoms with E-state index in [2.05, 4.69) is 266 Å². The SMILES string of the molecule is O=[C-]C(=O)Cl.[Cl-].[Pd+2].[Ru+2].c1ccc(P([CH-]P(c2ccccc2)c2ccccc2)c2ccccc2)cc1.c1ccc(P([CH-]P(c2ccccc2)c2ccccc2)c2ccccc2)cc1. The fourth-order valence-electron chi connectivity index (χ4n) is 6.07. The number of rotatable bonds is 13. The van der Waals surface area contributed by atoms with Gasteiger partial charge in [0.2, 0.25) is 0 Å². The summed E-state index contributed by atoms with van der Waals surface area (Å²) < 4.78 is 0. The van der Waals surface area contributed by atoms with Crippen LogP contribution in [0, 0.1) is 11.8 Å². The van der Waals surface area contributed by atoms with E-state index in [0.29, 0.717) is 0 Å². The van der Waals surface area contributed by atoms with Crippen molar-refractivity contribution in [2.75, 3.05) is 0 Å². The van der Waals surface area contributed by atoms with Gasteiger partial charge < -0.3 is 22.0 Å². The first-order valence-electron chi connectivity index (χ1n) is 19.0. The Labute approximate surface area is 410 Å². The van der Waals surface area contributed by atoms with Gasteiger partial charge in [-0.25, -0.2) is 0 Å². The number of carbonyl (C=O) groups excluding carboxylic acids is 2. The van der Waals surface area contributed by atoms with E-state index in [0.717, 1.165) is 6.29 Å². The van der Waals surface area contributed by atoms with Crippen molar-refractivity contribution in [3.8, 4) is 0 Å². The molecule has 0 amide bonds. The van der Waals surface area contributed by atoms with Crippen LogP contribution >= 0.6 is 43.3 Å². The van der Waals surface area contributed by atoms with Gasteiger partial charge in [0.15, 0.2) is 0 Å². The molecule has 0 fully saturated rings. The molecule has 0 N–H and O–H groups in total. The van der Waals surface area contributed by atoms with Crippen molar-refractivity contribution < 1.29 is 61.9 Å². The number of carbonyl (C=O) groups is 1. The minimum Gasteiger partial charge on any atom is -1.00 e. The van der Waals surface area contributed by atoms with Crippen LogP contribution in [0.5, 0.6) is 0 Å². The van der Waals surface area contributed by atoms with Crippen LogP contribution in [0.15, 0.2) is 243 Å². The molecule has 0 aliphatic carbocycles. The normalized spacial score (nSPS) is 10.1. The fraction of sp³-hybridized carbons (Fsp3) is 0. The van der Waals surface area contributed by atoms with Crippen molar-refractivity contribution in [2.24, 2.45) is 0 Å². The van der Waals surface area contributed by atoms with Gasteiger partial charge >= 0.3 is 39.9 Å². The standard InChI is InChI=1S/2C25H21P2.C2ClO2.ClH.Pd.Ru/c2*1-5-13-22(14-6-1)26(23-15-7-2-8-16-23)21-27(24-17-9-3-10-18-24)25-19-11-4-12-20-25;3-2(5)1-4;;;/h2*1-21H;;1H;;/q3*-1;;2*+2/p-1. The third kappa shape index (κ3) is 16.7. The van der Waals surface area contributed by atoms with E-state index >= 15 is 0 Å². The molecule has 8 rings (SSSR count). The Balaban J connectivity index is 0.000000286. The molecule has 314 valence electrons. The van der Waals surface area contributed by atoms with Crippen LogP contribution in [-0.2, 0) is 49.5 Å². The van der Waals surface area contributed by atoms with Gasteiger partial charge in [-0.05, 0) is 0 Å². The molecule has 0 bridgehead atoms. The van der Waals surface area contributed by atoms with Crippen LogP contribution < -0.4 is 54.8 Å². The molecule has 10 heteroatoms. The van der Waals surface area contributed by atoms with Crippen molar-refractivity contribution in [1.29, 1.82) is 0 Å². The number of hydrogen-bond donors (Lipinski definition) is 0. The van der Waals surface area contributed by atoms with E-state index in [-0.39, 0.29) is 52.3 Å². The zero-order valence-corrected chi connectivity index (χ0v) is 41.7. The molecule has 0 unspecified atom stereocenters. The van der Waals surface area contributed by atoms with Gasteiger partial charge in [0.1, 0.15) is 5.24 Å². The van der Waals surface area contributed by atoms with Gasteiger partial charge in [-0.15, -0.1) is 0 Å². The van der Waals surface area contributed by atoms with Gasteiger partial charge in [0.05, 0.1) is 0 Å². The maximum Gasteiger partial charge on any atom is 2.00 e. The monoisotopic (exact) mass is 1100 g/mol. The predicted octanol–water partition coefficient (Wildman–Crippen LogP) is 7.60. The minimum absolute atomic E-state index is 0. The molecule has 0 saturated carbocycles. The average molecular weight is 1100 g/mol. The van der Waals surface area contributed by atoms with Crippen molar-refractivity contribution >= 4 is 97.3 Å². The zero-order chi connectivity index (χ0) is 40.9. The van der Waals surface area contributed by atoms with Crippen molar-refractivity contribution in [3.05, 3.63) is 254 Å². The maximum absolute atomic E-state index is 9.15. The molecule has 0 saturated heterocycles. The zero-order valence-electron chi connectivity index (χ0n) is 33.3. The van der Waals surface area contributed by atoms with Crippen LogP contribution in [-0.4, -0.2) is 11.5 Å². The molecular formula is C52H42Cl2O2P4PdRu. The Morgan fingerprint density at radius 1 is 0.339 bits per heavy atom. The molecule has 0 atom stereocenters. The van der Waals surface area contributed by atoms with Gasteiger partial charge in [-0.2, -0.15) is 38.0 Å². The second-order valence-electron chi connectivity index (χ2n) is 12.8. The Morgan fingerprint density at radius 2 is 0.452 bits per heavy atom. The Bertz CT molecular complexity index is 1910. The number of hydrogen-bond acceptors (Lipinski definition) is 2. The molecule has 0 radical (unpaired) electrons. The molecule has 0 aliphatic heterocycles. The summed E-state index contributed by atoms with van der Waals surface area (Å²) in [5, 5.41) is 10.1. The molecule has 0 aromatic heterocycles. The van der Waals surface area contributed by atoms with Crippen LogP contribution in [0.25, 0.3) is 0 Å². The largest absolute Gasteiger partial charge is 2.00 e. The van der Waals surface area contributed by atoms with Crippen molar-refractivity contribution in [2.45, 2.75) is 0 Å². The fourth-order valence-corrected chi connectivity index (χ4v) is 17.3. The summed E-state index contributed by atoms with van der Waals surface area (Å²) >= 11 is 4.40.